The summed E-state index contributed by atoms with van der Waals surface area (Å²) in [6.07, 6.45) is 1.75. The standard InChI is InChI=1S/C14H26O6Si/c1-4-17-14(18-5-2,19-6-3)21-9-7-8-11-10-12(15)20-13(11)16/h11H,4-10,21H2,1-3H3. The van der Waals surface area contributed by atoms with Gasteiger partial charge in [-0.1, -0.05) is 12.5 Å². The van der Waals surface area contributed by atoms with Crippen LogP contribution < -0.4 is 0 Å². The number of ether oxygens (including phenoxy) is 4. The van der Waals surface area contributed by atoms with Crippen molar-refractivity contribution >= 4 is 21.5 Å². The molecule has 0 aromatic rings. The lowest BCUT2D eigenvalue weighted by Crippen LogP contribution is -2.45. The fourth-order valence-electron chi connectivity index (χ4n) is 2.48. The molecule has 1 aliphatic heterocycles. The zero-order chi connectivity index (χ0) is 15.7. The molecular weight excluding hydrogens is 292 g/mol. The van der Waals surface area contributed by atoms with Gasteiger partial charge in [-0.25, -0.2) is 0 Å². The van der Waals surface area contributed by atoms with Crippen molar-refractivity contribution in [2.75, 3.05) is 19.8 Å². The molecule has 0 spiro atoms. The minimum atomic E-state index is -0.857. The van der Waals surface area contributed by atoms with Gasteiger partial charge in [0.1, 0.15) is 9.52 Å². The van der Waals surface area contributed by atoms with Crippen LogP contribution in [-0.4, -0.2) is 46.9 Å². The molecule has 0 radical (unpaired) electrons. The second-order valence-corrected chi connectivity index (χ2v) is 7.00. The van der Waals surface area contributed by atoms with Crippen LogP contribution in [0.25, 0.3) is 0 Å². The molecule has 0 aromatic carbocycles. The molecule has 1 atom stereocenters. The monoisotopic (exact) mass is 318 g/mol. The second-order valence-electron chi connectivity index (χ2n) is 4.92. The van der Waals surface area contributed by atoms with Crippen molar-refractivity contribution in [2.24, 2.45) is 5.92 Å². The lowest BCUT2D eigenvalue weighted by Gasteiger charge is -2.32. The Balaban J connectivity index is 2.38. The van der Waals surface area contributed by atoms with Gasteiger partial charge < -0.3 is 18.9 Å². The Morgan fingerprint density at radius 1 is 1.14 bits per heavy atom. The summed E-state index contributed by atoms with van der Waals surface area (Å²) in [6, 6.07) is 0.929. The minimum absolute atomic E-state index is 0.216. The van der Waals surface area contributed by atoms with Gasteiger partial charge in [0.2, 0.25) is 5.60 Å². The van der Waals surface area contributed by atoms with E-state index in [1.807, 2.05) is 20.8 Å². The summed E-state index contributed by atoms with van der Waals surface area (Å²) >= 11 is 0. The first-order chi connectivity index (χ1) is 10.1. The maximum Gasteiger partial charge on any atom is 0.317 e. The minimum Gasteiger partial charge on any atom is -0.393 e. The highest BCUT2D eigenvalue weighted by Gasteiger charge is 2.34. The summed E-state index contributed by atoms with van der Waals surface area (Å²) in [5, 5.41) is 0. The highest BCUT2D eigenvalue weighted by atomic mass is 28.2. The Morgan fingerprint density at radius 2 is 1.71 bits per heavy atom. The van der Waals surface area contributed by atoms with E-state index in [1.165, 1.54) is 0 Å². The van der Waals surface area contributed by atoms with Crippen LogP contribution in [0.5, 0.6) is 0 Å². The van der Waals surface area contributed by atoms with E-state index in [0.29, 0.717) is 26.2 Å². The Kier molecular flexibility index (Phi) is 8.09. The maximum atomic E-state index is 11.4. The largest absolute Gasteiger partial charge is 0.393 e. The van der Waals surface area contributed by atoms with Gasteiger partial charge in [-0.3, -0.25) is 9.59 Å². The van der Waals surface area contributed by atoms with E-state index in [1.54, 1.807) is 0 Å². The molecule has 0 bridgehead atoms. The predicted octanol–water partition coefficient (Wildman–Crippen LogP) is 1.16. The average molecular weight is 318 g/mol. The first-order valence-corrected chi connectivity index (χ1v) is 9.44. The number of esters is 2. The molecule has 0 amide bonds. The smallest absolute Gasteiger partial charge is 0.317 e. The molecule has 0 N–H and O–H groups in total. The molecule has 6 nitrogen and oxygen atoms in total. The van der Waals surface area contributed by atoms with Crippen LogP contribution in [0.1, 0.15) is 40.0 Å². The first-order valence-electron chi connectivity index (χ1n) is 7.73. The Morgan fingerprint density at radius 3 is 2.14 bits per heavy atom. The maximum absolute atomic E-state index is 11.4. The van der Waals surface area contributed by atoms with E-state index >= 15 is 0 Å². The highest BCUT2D eigenvalue weighted by molar-refractivity contribution is 6.38. The fraction of sp³-hybridized carbons (Fsp3) is 0.857. The first kappa shape index (κ1) is 18.3. The summed E-state index contributed by atoms with van der Waals surface area (Å²) in [5.41, 5.74) is -0.857. The van der Waals surface area contributed by atoms with Gasteiger partial charge in [-0.05, 0) is 27.2 Å². The van der Waals surface area contributed by atoms with E-state index in [9.17, 15) is 9.59 Å². The topological polar surface area (TPSA) is 71.1 Å². The molecule has 0 aliphatic carbocycles. The molecule has 1 rings (SSSR count). The van der Waals surface area contributed by atoms with E-state index in [2.05, 4.69) is 4.74 Å². The molecule has 21 heavy (non-hydrogen) atoms. The Bertz CT molecular complexity index is 329. The SMILES string of the molecule is CCOC(OCC)(OCC)[SiH2]CCCC1CC(=O)OC1=O. The third-order valence-electron chi connectivity index (χ3n) is 3.34. The lowest BCUT2D eigenvalue weighted by molar-refractivity contribution is -0.323. The number of hydrogen-bond donors (Lipinski definition) is 0. The quantitative estimate of drug-likeness (QED) is 0.187. The highest BCUT2D eigenvalue weighted by Crippen LogP contribution is 2.23. The van der Waals surface area contributed by atoms with E-state index < -0.39 is 21.1 Å². The third kappa shape index (κ3) is 5.86. The number of carbonyl (C=O) groups excluding carboxylic acids is 2. The second kappa shape index (κ2) is 9.29. The summed E-state index contributed by atoms with van der Waals surface area (Å²) in [6.45, 7) is 7.37. The van der Waals surface area contributed by atoms with Crippen molar-refractivity contribution in [1.82, 2.24) is 0 Å². The van der Waals surface area contributed by atoms with Crippen LogP contribution >= 0.6 is 0 Å². The van der Waals surface area contributed by atoms with Crippen molar-refractivity contribution in [1.29, 1.82) is 0 Å². The average Bonchev–Trinajstić information content (AvgIpc) is 2.74. The van der Waals surface area contributed by atoms with E-state index in [-0.39, 0.29) is 18.3 Å². The zero-order valence-electron chi connectivity index (χ0n) is 13.2. The van der Waals surface area contributed by atoms with Crippen molar-refractivity contribution < 1.29 is 28.5 Å². The van der Waals surface area contributed by atoms with Crippen molar-refractivity contribution in [3.05, 3.63) is 0 Å². The van der Waals surface area contributed by atoms with E-state index in [4.69, 9.17) is 14.2 Å². The summed E-state index contributed by atoms with van der Waals surface area (Å²) < 4.78 is 21.6. The molecule has 1 unspecified atom stereocenters. The molecular formula is C14H26O6Si. The Hall–Kier alpha value is -0.763. The summed E-state index contributed by atoms with van der Waals surface area (Å²) in [4.78, 5) is 22.4. The van der Waals surface area contributed by atoms with Crippen LogP contribution in [0, 0.1) is 5.92 Å². The number of hydrogen-bond acceptors (Lipinski definition) is 6. The van der Waals surface area contributed by atoms with Gasteiger partial charge in [-0.2, -0.15) is 0 Å². The Labute approximate surface area is 128 Å². The molecule has 122 valence electrons. The van der Waals surface area contributed by atoms with Gasteiger partial charge in [0.05, 0.1) is 12.3 Å². The normalized spacial score (nSPS) is 19.7. The third-order valence-corrected chi connectivity index (χ3v) is 5.42. The van der Waals surface area contributed by atoms with Crippen molar-refractivity contribution in [3.63, 3.8) is 0 Å². The van der Waals surface area contributed by atoms with Crippen LogP contribution in [0.3, 0.4) is 0 Å². The molecule has 1 aliphatic rings. The van der Waals surface area contributed by atoms with Gasteiger partial charge in [-0.15, -0.1) is 0 Å². The molecule has 0 aromatic heterocycles. The van der Waals surface area contributed by atoms with Crippen molar-refractivity contribution in [3.8, 4) is 0 Å². The fourth-order valence-corrected chi connectivity index (χ4v) is 4.49. The van der Waals surface area contributed by atoms with Crippen LogP contribution in [0.15, 0.2) is 0 Å². The van der Waals surface area contributed by atoms with Crippen molar-refractivity contribution in [2.45, 2.75) is 51.7 Å². The predicted molar refractivity (Wildman–Crippen MR) is 79.4 cm³/mol. The molecule has 1 fully saturated rings. The molecule has 7 heteroatoms. The molecule has 1 saturated heterocycles. The van der Waals surface area contributed by atoms with Crippen LogP contribution in [-0.2, 0) is 28.5 Å². The van der Waals surface area contributed by atoms with Gasteiger partial charge >= 0.3 is 11.9 Å². The van der Waals surface area contributed by atoms with Gasteiger partial charge in [0.15, 0.2) is 0 Å². The van der Waals surface area contributed by atoms with Crippen LogP contribution in [0.2, 0.25) is 6.04 Å². The zero-order valence-corrected chi connectivity index (χ0v) is 14.6. The molecule has 0 saturated carbocycles. The number of rotatable bonds is 11. The van der Waals surface area contributed by atoms with Crippen LogP contribution in [0.4, 0.5) is 0 Å². The van der Waals surface area contributed by atoms with Gasteiger partial charge in [0, 0.05) is 19.8 Å². The number of carbonyl (C=O) groups is 2. The summed E-state index contributed by atoms with van der Waals surface area (Å²) in [5.74, 6) is -1.06. The molecule has 1 heterocycles. The summed E-state index contributed by atoms with van der Waals surface area (Å²) in [7, 11) is -0.786. The van der Waals surface area contributed by atoms with E-state index in [0.717, 1.165) is 12.5 Å². The number of cyclic esters (lactones) is 2. The lowest BCUT2D eigenvalue weighted by atomic mass is 10.0. The van der Waals surface area contributed by atoms with Gasteiger partial charge in [0.25, 0.3) is 0 Å².